The van der Waals surface area contributed by atoms with Crippen molar-refractivity contribution in [1.29, 1.82) is 0 Å². The van der Waals surface area contributed by atoms with E-state index in [1.54, 1.807) is 12.5 Å². The van der Waals surface area contributed by atoms with Gasteiger partial charge in [-0.05, 0) is 32.3 Å². The molecule has 1 amide bonds. The summed E-state index contributed by atoms with van der Waals surface area (Å²) in [4.78, 5) is 18.4. The lowest BCUT2D eigenvalue weighted by atomic mass is 9.94. The summed E-state index contributed by atoms with van der Waals surface area (Å²) in [6.45, 7) is 4.54. The van der Waals surface area contributed by atoms with Gasteiger partial charge in [0.1, 0.15) is 0 Å². The number of hydrogen-bond donors (Lipinski definition) is 1. The third-order valence-corrected chi connectivity index (χ3v) is 4.28. The Labute approximate surface area is 130 Å². The maximum absolute atomic E-state index is 12.4. The maximum Gasteiger partial charge on any atom is 0.222 e. The van der Waals surface area contributed by atoms with Crippen molar-refractivity contribution in [2.45, 2.75) is 45.1 Å². The molecule has 1 aliphatic heterocycles. The molecule has 1 fully saturated rings. The SMILES string of the molecule is Cc1cc([C@H]2CCCN(C(=O)CCCn3ccnc3)C2)n[nH]1. The first-order valence-electron chi connectivity index (χ1n) is 7.98. The predicted molar refractivity (Wildman–Crippen MR) is 83.3 cm³/mol. The summed E-state index contributed by atoms with van der Waals surface area (Å²) in [7, 11) is 0. The van der Waals surface area contributed by atoms with Crippen LogP contribution in [0.25, 0.3) is 0 Å². The number of likely N-dealkylation sites (tertiary alicyclic amines) is 1. The van der Waals surface area contributed by atoms with Gasteiger partial charge in [0, 0.05) is 50.1 Å². The molecule has 0 aromatic carbocycles. The molecular formula is C16H23N5O. The zero-order valence-electron chi connectivity index (χ0n) is 13.0. The van der Waals surface area contributed by atoms with E-state index in [4.69, 9.17) is 0 Å². The van der Waals surface area contributed by atoms with Gasteiger partial charge in [0.05, 0.1) is 12.0 Å². The van der Waals surface area contributed by atoms with Crippen molar-refractivity contribution in [1.82, 2.24) is 24.6 Å². The number of H-pyrrole nitrogens is 1. The molecule has 3 rings (SSSR count). The molecule has 6 heteroatoms. The number of nitrogens with one attached hydrogen (secondary N) is 1. The van der Waals surface area contributed by atoms with Crippen LogP contribution in [0.3, 0.4) is 0 Å². The summed E-state index contributed by atoms with van der Waals surface area (Å²) >= 11 is 0. The van der Waals surface area contributed by atoms with E-state index in [9.17, 15) is 4.79 Å². The molecular weight excluding hydrogens is 278 g/mol. The van der Waals surface area contributed by atoms with Crippen LogP contribution in [0.5, 0.6) is 0 Å². The summed E-state index contributed by atoms with van der Waals surface area (Å²) < 4.78 is 2.01. The number of imidazole rings is 1. The number of aromatic nitrogens is 4. The molecule has 3 heterocycles. The lowest BCUT2D eigenvalue weighted by molar-refractivity contribution is -0.132. The number of aryl methyl sites for hydroxylation is 2. The molecule has 6 nitrogen and oxygen atoms in total. The van der Waals surface area contributed by atoms with Crippen LogP contribution in [-0.4, -0.2) is 43.6 Å². The van der Waals surface area contributed by atoms with Gasteiger partial charge in [-0.2, -0.15) is 5.10 Å². The van der Waals surface area contributed by atoms with Crippen molar-refractivity contribution >= 4 is 5.91 Å². The van der Waals surface area contributed by atoms with Crippen molar-refractivity contribution < 1.29 is 4.79 Å². The molecule has 1 aliphatic rings. The summed E-state index contributed by atoms with van der Waals surface area (Å²) in [5, 5.41) is 7.35. The summed E-state index contributed by atoms with van der Waals surface area (Å²) in [6, 6.07) is 2.09. The first-order valence-corrected chi connectivity index (χ1v) is 7.98. The molecule has 1 N–H and O–H groups in total. The quantitative estimate of drug-likeness (QED) is 0.919. The van der Waals surface area contributed by atoms with Crippen molar-refractivity contribution in [2.24, 2.45) is 0 Å². The number of rotatable bonds is 5. The molecule has 118 valence electrons. The van der Waals surface area contributed by atoms with E-state index in [1.807, 2.05) is 22.6 Å². The van der Waals surface area contributed by atoms with Gasteiger partial charge in [-0.15, -0.1) is 0 Å². The predicted octanol–water partition coefficient (Wildman–Crippen LogP) is 2.10. The smallest absolute Gasteiger partial charge is 0.222 e. The average molecular weight is 301 g/mol. The molecule has 2 aromatic rings. The Balaban J connectivity index is 1.49. The van der Waals surface area contributed by atoms with Crippen LogP contribution in [0.1, 0.15) is 43.0 Å². The minimum absolute atomic E-state index is 0.261. The molecule has 0 radical (unpaired) electrons. The van der Waals surface area contributed by atoms with E-state index < -0.39 is 0 Å². The van der Waals surface area contributed by atoms with Crippen LogP contribution in [0.4, 0.5) is 0 Å². The van der Waals surface area contributed by atoms with E-state index in [1.165, 1.54) is 0 Å². The van der Waals surface area contributed by atoms with Crippen molar-refractivity contribution in [2.75, 3.05) is 13.1 Å². The Bertz CT molecular complexity index is 604. The van der Waals surface area contributed by atoms with Crippen LogP contribution in [0, 0.1) is 6.92 Å². The van der Waals surface area contributed by atoms with Gasteiger partial charge in [0.25, 0.3) is 0 Å². The highest BCUT2D eigenvalue weighted by atomic mass is 16.2. The van der Waals surface area contributed by atoms with E-state index in [2.05, 4.69) is 21.2 Å². The lowest BCUT2D eigenvalue weighted by Gasteiger charge is -2.32. The number of piperidine rings is 1. The number of amides is 1. The van der Waals surface area contributed by atoms with Crippen molar-refractivity contribution in [3.05, 3.63) is 36.2 Å². The van der Waals surface area contributed by atoms with Gasteiger partial charge in [0.2, 0.25) is 5.91 Å². The van der Waals surface area contributed by atoms with Crippen LogP contribution in [-0.2, 0) is 11.3 Å². The summed E-state index contributed by atoms with van der Waals surface area (Å²) in [5.74, 6) is 0.633. The zero-order valence-corrected chi connectivity index (χ0v) is 13.0. The van der Waals surface area contributed by atoms with Crippen molar-refractivity contribution in [3.63, 3.8) is 0 Å². The Kier molecular flexibility index (Phi) is 4.56. The van der Waals surface area contributed by atoms with Crippen LogP contribution in [0.2, 0.25) is 0 Å². The normalized spacial score (nSPS) is 18.6. The molecule has 0 spiro atoms. The lowest BCUT2D eigenvalue weighted by Crippen LogP contribution is -2.39. The second-order valence-electron chi connectivity index (χ2n) is 6.06. The van der Waals surface area contributed by atoms with E-state index in [0.717, 1.165) is 50.3 Å². The highest BCUT2D eigenvalue weighted by molar-refractivity contribution is 5.76. The molecule has 0 aliphatic carbocycles. The largest absolute Gasteiger partial charge is 0.342 e. The van der Waals surface area contributed by atoms with E-state index >= 15 is 0 Å². The Morgan fingerprint density at radius 1 is 1.50 bits per heavy atom. The molecule has 0 unspecified atom stereocenters. The molecule has 1 saturated heterocycles. The molecule has 0 saturated carbocycles. The third kappa shape index (κ3) is 3.55. The van der Waals surface area contributed by atoms with Crippen LogP contribution < -0.4 is 0 Å². The number of hydrogen-bond acceptors (Lipinski definition) is 3. The minimum Gasteiger partial charge on any atom is -0.342 e. The number of nitrogens with zero attached hydrogens (tertiary/aromatic N) is 4. The first kappa shape index (κ1) is 14.8. The van der Waals surface area contributed by atoms with Gasteiger partial charge in [-0.3, -0.25) is 9.89 Å². The van der Waals surface area contributed by atoms with Gasteiger partial charge < -0.3 is 9.47 Å². The molecule has 0 bridgehead atoms. The van der Waals surface area contributed by atoms with E-state index in [-0.39, 0.29) is 5.91 Å². The third-order valence-electron chi connectivity index (χ3n) is 4.28. The standard InChI is InChI=1S/C16H23N5O/c1-13-10-15(19-18-13)14-4-2-8-21(11-14)16(22)5-3-7-20-9-6-17-12-20/h6,9-10,12,14H,2-5,7-8,11H2,1H3,(H,18,19)/t14-/m0/s1. The number of aromatic amines is 1. The van der Waals surface area contributed by atoms with Crippen molar-refractivity contribution in [3.8, 4) is 0 Å². The van der Waals surface area contributed by atoms with Gasteiger partial charge in [-0.1, -0.05) is 0 Å². The number of carbonyl (C=O) groups excluding carboxylic acids is 1. The van der Waals surface area contributed by atoms with Crippen LogP contribution in [0.15, 0.2) is 24.8 Å². The van der Waals surface area contributed by atoms with Gasteiger partial charge >= 0.3 is 0 Å². The fourth-order valence-electron chi connectivity index (χ4n) is 3.08. The first-order chi connectivity index (χ1) is 10.7. The molecule has 2 aromatic heterocycles. The minimum atomic E-state index is 0.261. The monoisotopic (exact) mass is 301 g/mol. The fraction of sp³-hybridized carbons (Fsp3) is 0.562. The van der Waals surface area contributed by atoms with Crippen LogP contribution >= 0.6 is 0 Å². The van der Waals surface area contributed by atoms with Gasteiger partial charge in [0.15, 0.2) is 0 Å². The fourth-order valence-corrected chi connectivity index (χ4v) is 3.08. The topological polar surface area (TPSA) is 66.8 Å². The maximum atomic E-state index is 12.4. The summed E-state index contributed by atoms with van der Waals surface area (Å²) in [6.07, 6.45) is 9.13. The highest BCUT2D eigenvalue weighted by Crippen LogP contribution is 2.26. The van der Waals surface area contributed by atoms with Gasteiger partial charge in [-0.25, -0.2) is 4.98 Å². The Morgan fingerprint density at radius 3 is 3.14 bits per heavy atom. The Hall–Kier alpha value is -2.11. The second kappa shape index (κ2) is 6.77. The summed E-state index contributed by atoms with van der Waals surface area (Å²) in [5.41, 5.74) is 2.17. The van der Waals surface area contributed by atoms with E-state index in [0.29, 0.717) is 12.3 Å². The number of carbonyl (C=O) groups is 1. The second-order valence-corrected chi connectivity index (χ2v) is 6.06. The molecule has 1 atom stereocenters. The molecule has 22 heavy (non-hydrogen) atoms. The highest BCUT2D eigenvalue weighted by Gasteiger charge is 2.25. The Morgan fingerprint density at radius 2 is 2.41 bits per heavy atom. The average Bonchev–Trinajstić information content (AvgIpc) is 3.19. The zero-order chi connectivity index (χ0) is 15.4.